The average Bonchev–Trinajstić information content (AvgIpc) is 3.09. The van der Waals surface area contributed by atoms with Gasteiger partial charge in [0.1, 0.15) is 4.34 Å². The Bertz CT molecular complexity index is 648. The number of hydrogen-bond acceptors (Lipinski definition) is 5. The number of aromatic amines is 1. The number of amides is 1. The second-order valence-corrected chi connectivity index (χ2v) is 7.93. The van der Waals surface area contributed by atoms with E-state index in [0.717, 1.165) is 27.2 Å². The van der Waals surface area contributed by atoms with Crippen LogP contribution >= 0.6 is 23.1 Å². The highest BCUT2D eigenvalue weighted by Gasteiger charge is 2.26. The van der Waals surface area contributed by atoms with Gasteiger partial charge in [0.05, 0.1) is 30.0 Å². The Kier molecular flexibility index (Phi) is 4.83. The van der Waals surface area contributed by atoms with Crippen molar-refractivity contribution in [1.29, 1.82) is 0 Å². The zero-order valence-corrected chi connectivity index (χ0v) is 14.5. The van der Waals surface area contributed by atoms with Gasteiger partial charge < -0.3 is 4.90 Å². The molecule has 0 bridgehead atoms. The first-order chi connectivity index (χ1) is 10.7. The van der Waals surface area contributed by atoms with Crippen molar-refractivity contribution in [3.8, 4) is 0 Å². The fourth-order valence-electron chi connectivity index (χ4n) is 2.24. The summed E-state index contributed by atoms with van der Waals surface area (Å²) in [6.45, 7) is 2.67. The maximum atomic E-state index is 12.3. The third-order valence-corrected chi connectivity index (χ3v) is 5.56. The maximum absolute atomic E-state index is 12.3. The number of nitrogens with one attached hydrogen (secondary N) is 1. The lowest BCUT2D eigenvalue weighted by Crippen LogP contribution is -2.28. The van der Waals surface area contributed by atoms with Gasteiger partial charge in [-0.15, -0.1) is 11.3 Å². The first kappa shape index (κ1) is 15.6. The fraction of sp³-hybridized carbons (Fsp3) is 0.533. The third-order valence-electron chi connectivity index (χ3n) is 3.61. The molecular formula is C15H20N4OS2. The van der Waals surface area contributed by atoms with Crippen LogP contribution in [0, 0.1) is 0 Å². The number of rotatable bonds is 7. The largest absolute Gasteiger partial charge is 0.340 e. The number of thioether (sulfide) groups is 1. The molecule has 0 radical (unpaired) electrons. The number of aromatic nitrogens is 3. The van der Waals surface area contributed by atoms with Gasteiger partial charge in [-0.3, -0.25) is 9.89 Å². The average molecular weight is 336 g/mol. The maximum Gasteiger partial charge on any atom is 0.228 e. The molecular weight excluding hydrogens is 316 g/mol. The first-order valence-corrected chi connectivity index (χ1v) is 9.37. The molecule has 1 saturated carbocycles. The standard InChI is InChI=1S/C15H20N4OS2/c1-3-21-15-16-12(9-22-15)7-14(20)19(2)8-11-6-13(18-17-11)10-4-5-10/h6,9-10H,3-5,7-8H2,1-2H3,(H,17,18). The Labute approximate surface area is 138 Å². The summed E-state index contributed by atoms with van der Waals surface area (Å²) in [6, 6.07) is 2.08. The van der Waals surface area contributed by atoms with E-state index in [2.05, 4.69) is 28.2 Å². The van der Waals surface area contributed by atoms with Gasteiger partial charge >= 0.3 is 0 Å². The summed E-state index contributed by atoms with van der Waals surface area (Å²) < 4.78 is 1.04. The van der Waals surface area contributed by atoms with Gasteiger partial charge in [-0.05, 0) is 24.7 Å². The van der Waals surface area contributed by atoms with E-state index in [1.165, 1.54) is 12.8 Å². The zero-order chi connectivity index (χ0) is 15.5. The van der Waals surface area contributed by atoms with E-state index in [1.54, 1.807) is 28.0 Å². The van der Waals surface area contributed by atoms with Gasteiger partial charge in [0.15, 0.2) is 0 Å². The van der Waals surface area contributed by atoms with Gasteiger partial charge in [-0.1, -0.05) is 18.7 Å². The summed E-state index contributed by atoms with van der Waals surface area (Å²) >= 11 is 3.33. The van der Waals surface area contributed by atoms with Crippen molar-refractivity contribution in [3.05, 3.63) is 28.5 Å². The van der Waals surface area contributed by atoms with Crippen LogP contribution in [0.2, 0.25) is 0 Å². The molecule has 118 valence electrons. The van der Waals surface area contributed by atoms with Crippen LogP contribution in [-0.2, 0) is 17.8 Å². The van der Waals surface area contributed by atoms with E-state index in [1.807, 2.05) is 12.4 Å². The number of thiazole rings is 1. The minimum Gasteiger partial charge on any atom is -0.340 e. The number of likely N-dealkylation sites (N-methyl/N-ethyl adjacent to an activating group) is 1. The fourth-order valence-corrected chi connectivity index (χ4v) is 3.98. The van der Waals surface area contributed by atoms with Crippen LogP contribution in [0.5, 0.6) is 0 Å². The van der Waals surface area contributed by atoms with Crippen LogP contribution in [0.4, 0.5) is 0 Å². The van der Waals surface area contributed by atoms with Gasteiger partial charge in [-0.25, -0.2) is 4.98 Å². The smallest absolute Gasteiger partial charge is 0.228 e. The molecule has 22 heavy (non-hydrogen) atoms. The lowest BCUT2D eigenvalue weighted by atomic mass is 10.2. The van der Waals surface area contributed by atoms with Crippen molar-refractivity contribution in [1.82, 2.24) is 20.1 Å². The Morgan fingerprint density at radius 3 is 3.09 bits per heavy atom. The zero-order valence-electron chi connectivity index (χ0n) is 12.8. The molecule has 0 spiro atoms. The molecule has 0 saturated heterocycles. The van der Waals surface area contributed by atoms with E-state index in [0.29, 0.717) is 18.9 Å². The molecule has 3 rings (SSSR count). The molecule has 2 aromatic rings. The lowest BCUT2D eigenvalue weighted by molar-refractivity contribution is -0.129. The molecule has 7 heteroatoms. The summed E-state index contributed by atoms with van der Waals surface area (Å²) in [5.41, 5.74) is 3.00. The summed E-state index contributed by atoms with van der Waals surface area (Å²) in [5.74, 6) is 1.72. The lowest BCUT2D eigenvalue weighted by Gasteiger charge is -2.15. The molecule has 0 aliphatic heterocycles. The minimum absolute atomic E-state index is 0.0842. The molecule has 1 N–H and O–H groups in total. The molecule has 0 aromatic carbocycles. The van der Waals surface area contributed by atoms with Gasteiger partial charge in [0.25, 0.3) is 0 Å². The minimum atomic E-state index is 0.0842. The predicted molar refractivity (Wildman–Crippen MR) is 89.3 cm³/mol. The van der Waals surface area contributed by atoms with Gasteiger partial charge in [0, 0.05) is 18.3 Å². The summed E-state index contributed by atoms with van der Waals surface area (Å²) in [4.78, 5) is 18.5. The topological polar surface area (TPSA) is 61.9 Å². The second kappa shape index (κ2) is 6.83. The number of carbonyl (C=O) groups is 1. The van der Waals surface area contributed by atoms with Crippen molar-refractivity contribution < 1.29 is 4.79 Å². The number of carbonyl (C=O) groups excluding carboxylic acids is 1. The number of nitrogens with zero attached hydrogens (tertiary/aromatic N) is 3. The molecule has 2 aromatic heterocycles. The molecule has 2 heterocycles. The molecule has 5 nitrogen and oxygen atoms in total. The van der Waals surface area contributed by atoms with E-state index >= 15 is 0 Å². The van der Waals surface area contributed by atoms with Crippen molar-refractivity contribution in [2.45, 2.75) is 43.0 Å². The van der Waals surface area contributed by atoms with Crippen molar-refractivity contribution >= 4 is 29.0 Å². The molecule has 0 atom stereocenters. The van der Waals surface area contributed by atoms with Gasteiger partial charge in [0.2, 0.25) is 5.91 Å². The quantitative estimate of drug-likeness (QED) is 0.789. The second-order valence-electron chi connectivity index (χ2n) is 5.56. The molecule has 0 unspecified atom stereocenters. The Morgan fingerprint density at radius 2 is 2.36 bits per heavy atom. The number of hydrogen-bond donors (Lipinski definition) is 1. The van der Waals surface area contributed by atoms with E-state index in [4.69, 9.17) is 0 Å². The van der Waals surface area contributed by atoms with Crippen LogP contribution < -0.4 is 0 Å². The third kappa shape index (κ3) is 3.89. The highest BCUT2D eigenvalue weighted by atomic mass is 32.2. The monoisotopic (exact) mass is 336 g/mol. The summed E-state index contributed by atoms with van der Waals surface area (Å²) in [7, 11) is 1.83. The SMILES string of the molecule is CCSc1nc(CC(=O)N(C)Cc2cc(C3CC3)n[nH]2)cs1. The van der Waals surface area contributed by atoms with Crippen molar-refractivity contribution in [2.75, 3.05) is 12.8 Å². The van der Waals surface area contributed by atoms with Crippen LogP contribution in [0.1, 0.15) is 42.8 Å². The Hall–Kier alpha value is -1.34. The van der Waals surface area contributed by atoms with Gasteiger partial charge in [-0.2, -0.15) is 5.10 Å². The number of H-pyrrole nitrogens is 1. The predicted octanol–water partition coefficient (Wildman–Crippen LogP) is 3.06. The summed E-state index contributed by atoms with van der Waals surface area (Å²) in [6.07, 6.45) is 2.84. The highest BCUT2D eigenvalue weighted by Crippen LogP contribution is 2.39. The van der Waals surface area contributed by atoms with Crippen LogP contribution in [0.25, 0.3) is 0 Å². The first-order valence-electron chi connectivity index (χ1n) is 7.51. The normalized spacial score (nSPS) is 14.3. The Morgan fingerprint density at radius 1 is 1.55 bits per heavy atom. The van der Waals surface area contributed by atoms with Crippen LogP contribution in [0.3, 0.4) is 0 Å². The Balaban J connectivity index is 1.53. The van der Waals surface area contributed by atoms with Crippen molar-refractivity contribution in [3.63, 3.8) is 0 Å². The highest BCUT2D eigenvalue weighted by molar-refractivity contribution is 8.00. The van der Waals surface area contributed by atoms with Crippen LogP contribution in [-0.4, -0.2) is 38.8 Å². The van der Waals surface area contributed by atoms with Crippen molar-refractivity contribution in [2.24, 2.45) is 0 Å². The van der Waals surface area contributed by atoms with E-state index in [9.17, 15) is 4.79 Å². The summed E-state index contributed by atoms with van der Waals surface area (Å²) in [5, 5.41) is 9.34. The van der Waals surface area contributed by atoms with E-state index < -0.39 is 0 Å². The molecule has 1 fully saturated rings. The van der Waals surface area contributed by atoms with E-state index in [-0.39, 0.29) is 5.91 Å². The molecule has 1 amide bonds. The van der Waals surface area contributed by atoms with Crippen LogP contribution in [0.15, 0.2) is 15.8 Å². The molecule has 1 aliphatic carbocycles. The molecule has 1 aliphatic rings.